The molecule has 0 atom stereocenters. The monoisotopic (exact) mass is 152 g/mol. The third-order valence-corrected chi connectivity index (χ3v) is 1.69. The van der Waals surface area contributed by atoms with Crippen LogP contribution < -0.4 is 0 Å². The molecule has 1 aliphatic carbocycles. The van der Waals surface area contributed by atoms with E-state index in [4.69, 9.17) is 4.74 Å². The summed E-state index contributed by atoms with van der Waals surface area (Å²) in [7, 11) is 1.81. The number of hydrogen-bond acceptors (Lipinski definition) is 3. The van der Waals surface area contributed by atoms with Crippen molar-refractivity contribution in [2.24, 2.45) is 7.05 Å². The number of fused-ring (bicyclic) bond motifs is 1. The Morgan fingerprint density at radius 3 is 2.82 bits per heavy atom. The van der Waals surface area contributed by atoms with Crippen LogP contribution in [0.15, 0.2) is 0 Å². The SMILES string of the molecule is CCOC(=O)c1c2nn(C)c1-2. The zero-order valence-electron chi connectivity index (χ0n) is 6.42. The summed E-state index contributed by atoms with van der Waals surface area (Å²) in [4.78, 5) is 11.0. The van der Waals surface area contributed by atoms with Gasteiger partial charge in [-0.2, -0.15) is 5.10 Å². The summed E-state index contributed by atoms with van der Waals surface area (Å²) in [5, 5.41) is 3.96. The van der Waals surface area contributed by atoms with Crippen molar-refractivity contribution in [2.45, 2.75) is 6.92 Å². The van der Waals surface area contributed by atoms with Crippen molar-refractivity contribution in [3.8, 4) is 11.4 Å². The highest BCUT2D eigenvalue weighted by atomic mass is 16.5. The van der Waals surface area contributed by atoms with E-state index in [1.165, 1.54) is 0 Å². The molecular weight excluding hydrogens is 144 g/mol. The maximum atomic E-state index is 11.0. The topological polar surface area (TPSA) is 44.1 Å². The maximum Gasteiger partial charge on any atom is 0.342 e. The second-order valence-electron chi connectivity index (χ2n) is 2.42. The molecule has 2 aliphatic rings. The number of aryl methyl sites for hydroxylation is 1. The van der Waals surface area contributed by atoms with E-state index in [1.54, 1.807) is 11.6 Å². The van der Waals surface area contributed by atoms with Crippen LogP contribution >= 0.6 is 0 Å². The molecule has 1 aliphatic heterocycles. The molecule has 0 saturated heterocycles. The van der Waals surface area contributed by atoms with Crippen LogP contribution in [0.1, 0.15) is 17.3 Å². The average molecular weight is 152 g/mol. The molecule has 11 heavy (non-hydrogen) atoms. The number of ether oxygens (including phenoxy) is 1. The highest BCUT2D eigenvalue weighted by Crippen LogP contribution is 2.42. The van der Waals surface area contributed by atoms with Crippen molar-refractivity contribution in [2.75, 3.05) is 6.61 Å². The first-order valence-electron chi connectivity index (χ1n) is 3.50. The molecule has 0 saturated carbocycles. The van der Waals surface area contributed by atoms with E-state index >= 15 is 0 Å². The zero-order valence-corrected chi connectivity index (χ0v) is 6.42. The summed E-state index contributed by atoms with van der Waals surface area (Å²) in [6.07, 6.45) is 0. The Morgan fingerprint density at radius 1 is 1.73 bits per heavy atom. The van der Waals surface area contributed by atoms with Gasteiger partial charge in [-0.1, -0.05) is 0 Å². The molecule has 0 aromatic rings. The Labute approximate surface area is 63.8 Å². The summed E-state index contributed by atoms with van der Waals surface area (Å²) in [5.74, 6) is -0.245. The number of nitrogens with zero attached hydrogens (tertiary/aromatic N) is 2. The quantitative estimate of drug-likeness (QED) is 0.591. The zero-order chi connectivity index (χ0) is 8.01. The van der Waals surface area contributed by atoms with E-state index in [-0.39, 0.29) is 5.97 Å². The minimum atomic E-state index is -0.245. The van der Waals surface area contributed by atoms with Crippen LogP contribution in [0.4, 0.5) is 0 Å². The van der Waals surface area contributed by atoms with Gasteiger partial charge in [0, 0.05) is 7.05 Å². The van der Waals surface area contributed by atoms with Crippen molar-refractivity contribution in [3.05, 3.63) is 5.56 Å². The van der Waals surface area contributed by atoms with Gasteiger partial charge in [0.05, 0.1) is 6.61 Å². The fraction of sp³-hybridized carbons (Fsp3) is 0.429. The van der Waals surface area contributed by atoms with Crippen LogP contribution in [0.5, 0.6) is 0 Å². The van der Waals surface area contributed by atoms with Crippen LogP contribution in [0.2, 0.25) is 0 Å². The molecule has 58 valence electrons. The van der Waals surface area contributed by atoms with E-state index in [0.717, 1.165) is 11.4 Å². The van der Waals surface area contributed by atoms with Crippen molar-refractivity contribution in [3.63, 3.8) is 0 Å². The van der Waals surface area contributed by atoms with Crippen molar-refractivity contribution >= 4 is 5.97 Å². The standard InChI is InChI=1S/C7H8N2O2/c1-3-11-7(10)4-5-6(4)9(2)8-5/h3H2,1-2H3. The van der Waals surface area contributed by atoms with Gasteiger partial charge in [-0.05, 0) is 6.92 Å². The molecule has 0 amide bonds. The normalized spacial score (nSPS) is 11.5. The lowest BCUT2D eigenvalue weighted by Gasteiger charge is -1.96. The summed E-state index contributed by atoms with van der Waals surface area (Å²) >= 11 is 0. The first-order chi connectivity index (χ1) is 5.25. The van der Waals surface area contributed by atoms with Crippen LogP contribution in [-0.4, -0.2) is 22.4 Å². The molecule has 1 heterocycles. The molecule has 2 rings (SSSR count). The molecule has 0 unspecified atom stereocenters. The fourth-order valence-electron chi connectivity index (χ4n) is 1.13. The van der Waals surface area contributed by atoms with Crippen molar-refractivity contribution in [1.29, 1.82) is 0 Å². The minimum absolute atomic E-state index is 0.245. The van der Waals surface area contributed by atoms with E-state index < -0.39 is 0 Å². The Balaban J connectivity index is 2.15. The van der Waals surface area contributed by atoms with Gasteiger partial charge in [-0.15, -0.1) is 0 Å². The van der Waals surface area contributed by atoms with Crippen LogP contribution in [0.3, 0.4) is 0 Å². The van der Waals surface area contributed by atoms with Gasteiger partial charge in [0.15, 0.2) is 0 Å². The molecule has 0 spiro atoms. The second kappa shape index (κ2) is 1.84. The summed E-state index contributed by atoms with van der Waals surface area (Å²) < 4.78 is 6.47. The average Bonchev–Trinajstić information content (AvgIpc) is 2.56. The van der Waals surface area contributed by atoms with Crippen molar-refractivity contribution < 1.29 is 9.53 Å². The molecular formula is C7H8N2O2. The van der Waals surface area contributed by atoms with E-state index in [2.05, 4.69) is 5.10 Å². The van der Waals surface area contributed by atoms with Crippen LogP contribution in [0.25, 0.3) is 11.4 Å². The largest absolute Gasteiger partial charge is 0.462 e. The number of aromatic nitrogens is 2. The van der Waals surface area contributed by atoms with E-state index in [9.17, 15) is 4.79 Å². The molecule has 0 aromatic heterocycles. The lowest BCUT2D eigenvalue weighted by atomic mass is 10.5. The molecule has 0 fully saturated rings. The summed E-state index contributed by atoms with van der Waals surface area (Å²) in [6, 6.07) is 0. The predicted octanol–water partition coefficient (Wildman–Crippen LogP) is 0.577. The maximum absolute atomic E-state index is 11.0. The van der Waals surface area contributed by atoms with Gasteiger partial charge >= 0.3 is 5.97 Å². The van der Waals surface area contributed by atoms with Gasteiger partial charge in [0.2, 0.25) is 0 Å². The van der Waals surface area contributed by atoms with Gasteiger partial charge < -0.3 is 4.74 Å². The Hall–Kier alpha value is -1.32. The number of rotatable bonds is 2. The van der Waals surface area contributed by atoms with E-state index in [0.29, 0.717) is 12.2 Å². The molecule has 0 N–H and O–H groups in total. The predicted molar refractivity (Wildman–Crippen MR) is 38.2 cm³/mol. The molecule has 0 aromatic carbocycles. The lowest BCUT2D eigenvalue weighted by Crippen LogP contribution is -1.99. The number of hydrogen-bond donors (Lipinski definition) is 0. The number of carbonyl (C=O) groups is 1. The second-order valence-corrected chi connectivity index (χ2v) is 2.42. The Morgan fingerprint density at radius 2 is 2.45 bits per heavy atom. The Bertz CT molecular complexity index is 327. The molecule has 0 bridgehead atoms. The van der Waals surface area contributed by atoms with Gasteiger partial charge in [-0.3, -0.25) is 4.68 Å². The van der Waals surface area contributed by atoms with Crippen LogP contribution in [-0.2, 0) is 11.8 Å². The number of esters is 1. The summed E-state index contributed by atoms with van der Waals surface area (Å²) in [6.45, 7) is 2.21. The van der Waals surface area contributed by atoms with Gasteiger partial charge in [0.25, 0.3) is 0 Å². The highest BCUT2D eigenvalue weighted by Gasteiger charge is 2.39. The first-order valence-corrected chi connectivity index (χ1v) is 3.50. The lowest BCUT2D eigenvalue weighted by molar-refractivity contribution is 0.0533. The summed E-state index contributed by atoms with van der Waals surface area (Å²) in [5.41, 5.74) is 2.43. The minimum Gasteiger partial charge on any atom is -0.462 e. The van der Waals surface area contributed by atoms with Gasteiger partial charge in [-0.25, -0.2) is 4.79 Å². The fourth-order valence-corrected chi connectivity index (χ4v) is 1.13. The third-order valence-electron chi connectivity index (χ3n) is 1.69. The van der Waals surface area contributed by atoms with E-state index in [1.807, 2.05) is 7.05 Å². The Kier molecular flexibility index (Phi) is 1.07. The molecule has 4 nitrogen and oxygen atoms in total. The first kappa shape index (κ1) is 6.39. The molecule has 0 radical (unpaired) electrons. The molecule has 4 heteroatoms. The van der Waals surface area contributed by atoms with Crippen LogP contribution in [0, 0.1) is 0 Å². The highest BCUT2D eigenvalue weighted by molar-refractivity contribution is 6.11. The smallest absolute Gasteiger partial charge is 0.342 e. The van der Waals surface area contributed by atoms with Crippen molar-refractivity contribution in [1.82, 2.24) is 9.78 Å². The van der Waals surface area contributed by atoms with Gasteiger partial charge in [0.1, 0.15) is 17.0 Å². The number of carbonyl (C=O) groups excluding carboxylic acids is 1. The third kappa shape index (κ3) is 0.691.